The van der Waals surface area contributed by atoms with E-state index >= 15 is 0 Å². The fourth-order valence-corrected chi connectivity index (χ4v) is 6.46. The van der Waals surface area contributed by atoms with E-state index in [2.05, 4.69) is 58.3 Å². The normalized spacial score (nSPS) is 18.7. The highest BCUT2D eigenvalue weighted by Gasteiger charge is 2.37. The molecular formula is C32H37N5O4. The lowest BCUT2D eigenvalue weighted by Gasteiger charge is -2.33. The van der Waals surface area contributed by atoms with E-state index in [1.807, 2.05) is 32.2 Å². The molecule has 1 aliphatic carbocycles. The van der Waals surface area contributed by atoms with E-state index < -0.39 is 0 Å². The van der Waals surface area contributed by atoms with Crippen LogP contribution in [0.5, 0.6) is 11.6 Å². The number of pyridine rings is 1. The Labute approximate surface area is 240 Å². The molecule has 0 saturated heterocycles. The molecule has 2 aromatic carbocycles. The van der Waals surface area contributed by atoms with Crippen molar-refractivity contribution >= 4 is 17.0 Å². The summed E-state index contributed by atoms with van der Waals surface area (Å²) < 4.78 is 19.2. The summed E-state index contributed by atoms with van der Waals surface area (Å²) in [6, 6.07) is 15.0. The Balaban J connectivity index is 1.40. The van der Waals surface area contributed by atoms with Gasteiger partial charge in [-0.25, -0.2) is 9.67 Å². The van der Waals surface area contributed by atoms with Gasteiger partial charge in [-0.05, 0) is 74.1 Å². The average molecular weight is 556 g/mol. The molecule has 214 valence electrons. The van der Waals surface area contributed by atoms with Crippen molar-refractivity contribution in [1.82, 2.24) is 24.9 Å². The molecule has 0 spiro atoms. The van der Waals surface area contributed by atoms with Gasteiger partial charge in [0.25, 0.3) is 0 Å². The molecule has 41 heavy (non-hydrogen) atoms. The van der Waals surface area contributed by atoms with Crippen molar-refractivity contribution in [3.8, 4) is 11.6 Å². The smallest absolute Gasteiger partial charge is 0.306 e. The van der Waals surface area contributed by atoms with Gasteiger partial charge in [-0.15, -0.1) is 5.10 Å². The lowest BCUT2D eigenvalue weighted by atomic mass is 9.86. The van der Waals surface area contributed by atoms with E-state index in [1.165, 1.54) is 11.1 Å². The number of esters is 1. The molecule has 0 saturated carbocycles. The van der Waals surface area contributed by atoms with Crippen LogP contribution in [0.1, 0.15) is 73.4 Å². The second kappa shape index (κ2) is 10.8. The maximum absolute atomic E-state index is 12.9. The molecule has 0 radical (unpaired) electrons. The number of hydrogen-bond acceptors (Lipinski definition) is 8. The van der Waals surface area contributed by atoms with Crippen molar-refractivity contribution in [2.75, 3.05) is 20.3 Å². The lowest BCUT2D eigenvalue weighted by Crippen LogP contribution is -2.41. The largest absolute Gasteiger partial charge is 0.494 e. The van der Waals surface area contributed by atoms with Gasteiger partial charge in [-0.1, -0.05) is 29.5 Å². The highest BCUT2D eigenvalue weighted by molar-refractivity contribution is 5.83. The number of rotatable bonds is 7. The number of ether oxygens (including phenoxy) is 3. The Morgan fingerprint density at radius 1 is 1.17 bits per heavy atom. The molecule has 2 unspecified atom stereocenters. The number of carbonyl (C=O) groups excluding carboxylic acids is 1. The summed E-state index contributed by atoms with van der Waals surface area (Å²) in [6.45, 7) is 7.98. The second-order valence-electron chi connectivity index (χ2n) is 11.6. The van der Waals surface area contributed by atoms with Gasteiger partial charge in [0, 0.05) is 43.9 Å². The summed E-state index contributed by atoms with van der Waals surface area (Å²) in [5.41, 5.74) is 6.96. The van der Waals surface area contributed by atoms with E-state index in [4.69, 9.17) is 14.2 Å². The van der Waals surface area contributed by atoms with Gasteiger partial charge < -0.3 is 14.2 Å². The van der Waals surface area contributed by atoms with Crippen LogP contribution in [0.4, 0.5) is 0 Å². The van der Waals surface area contributed by atoms with Crippen LogP contribution in [-0.2, 0) is 29.5 Å². The van der Waals surface area contributed by atoms with E-state index in [1.54, 1.807) is 18.0 Å². The highest BCUT2D eigenvalue weighted by Crippen LogP contribution is 2.43. The summed E-state index contributed by atoms with van der Waals surface area (Å²) in [4.78, 5) is 19.9. The predicted molar refractivity (Wildman–Crippen MR) is 155 cm³/mol. The van der Waals surface area contributed by atoms with Crippen LogP contribution in [0, 0.1) is 0 Å². The number of carbonyl (C=O) groups is 1. The summed E-state index contributed by atoms with van der Waals surface area (Å²) >= 11 is 0. The first-order valence-corrected chi connectivity index (χ1v) is 14.3. The van der Waals surface area contributed by atoms with Gasteiger partial charge in [-0.3, -0.25) is 9.69 Å². The van der Waals surface area contributed by atoms with Gasteiger partial charge in [0.2, 0.25) is 5.88 Å². The van der Waals surface area contributed by atoms with Crippen molar-refractivity contribution in [3.63, 3.8) is 0 Å². The van der Waals surface area contributed by atoms with Crippen LogP contribution in [0.3, 0.4) is 0 Å². The number of methoxy groups -OCH3 is 1. The number of fused-ring (bicyclic) bond motifs is 3. The Morgan fingerprint density at radius 2 is 2.02 bits per heavy atom. The fraction of sp³-hybridized carbons (Fsp3) is 0.438. The topological polar surface area (TPSA) is 91.6 Å². The molecule has 2 aromatic heterocycles. The number of hydrogen-bond donors (Lipinski definition) is 0. The van der Waals surface area contributed by atoms with E-state index in [0.717, 1.165) is 59.5 Å². The number of aromatic nitrogens is 4. The first-order valence-electron chi connectivity index (χ1n) is 14.3. The summed E-state index contributed by atoms with van der Waals surface area (Å²) in [7, 11) is 3.49. The van der Waals surface area contributed by atoms with Crippen molar-refractivity contribution in [3.05, 3.63) is 76.5 Å². The zero-order valence-electron chi connectivity index (χ0n) is 24.4. The van der Waals surface area contributed by atoms with Crippen LogP contribution < -0.4 is 9.47 Å². The van der Waals surface area contributed by atoms with Crippen molar-refractivity contribution < 1.29 is 19.0 Å². The van der Waals surface area contributed by atoms with E-state index in [0.29, 0.717) is 12.4 Å². The number of benzene rings is 2. The summed E-state index contributed by atoms with van der Waals surface area (Å²) in [5.74, 6) is 0.935. The molecular weight excluding hydrogens is 518 g/mol. The zero-order chi connectivity index (χ0) is 28.7. The molecule has 3 heterocycles. The second-order valence-corrected chi connectivity index (χ2v) is 11.6. The molecule has 9 nitrogen and oxygen atoms in total. The number of nitrogens with zero attached hydrogens (tertiary/aromatic N) is 5. The summed E-state index contributed by atoms with van der Waals surface area (Å²) in [5, 5.41) is 8.53. The summed E-state index contributed by atoms with van der Waals surface area (Å²) in [6.07, 6.45) is 4.06. The van der Waals surface area contributed by atoms with Crippen molar-refractivity contribution in [2.45, 2.75) is 64.1 Å². The molecule has 1 aliphatic heterocycles. The average Bonchev–Trinajstić information content (AvgIpc) is 3.51. The molecule has 0 fully saturated rings. The molecule has 0 N–H and O–H groups in total. The van der Waals surface area contributed by atoms with Crippen LogP contribution in [0.2, 0.25) is 0 Å². The van der Waals surface area contributed by atoms with Crippen molar-refractivity contribution in [2.24, 2.45) is 7.05 Å². The Morgan fingerprint density at radius 3 is 2.83 bits per heavy atom. The van der Waals surface area contributed by atoms with E-state index in [9.17, 15) is 4.79 Å². The lowest BCUT2D eigenvalue weighted by molar-refractivity contribution is -0.143. The Bertz CT molecular complexity index is 1600. The minimum absolute atomic E-state index is 0.218. The minimum Gasteiger partial charge on any atom is -0.494 e. The SMILES string of the molecule is CCOC(=O)CC(c1ccc2c(c1)C(N1Cc3cccnc3OC(C)(C)C1)CC2)c1cc(OC)c2c(c1)nnn2C. The first-order chi connectivity index (χ1) is 19.8. The maximum Gasteiger partial charge on any atom is 0.306 e. The van der Waals surface area contributed by atoms with E-state index in [-0.39, 0.29) is 30.0 Å². The molecule has 9 heteroatoms. The monoisotopic (exact) mass is 555 g/mol. The van der Waals surface area contributed by atoms with Crippen LogP contribution in [0.25, 0.3) is 11.0 Å². The van der Waals surface area contributed by atoms with Crippen LogP contribution in [-0.4, -0.2) is 56.7 Å². The standard InChI is InChI=1S/C32H37N5O4/c1-6-40-29(38)17-24(23-15-26-30(28(16-23)39-5)36(4)35-34-26)21-10-9-20-11-12-27(25(20)14-21)37-18-22-8-7-13-33-31(22)41-32(2,3)19-37/h7-10,13-16,24,27H,6,11-12,17-19H2,1-5H3. The molecule has 0 amide bonds. The quantitative estimate of drug-likeness (QED) is 0.290. The first kappa shape index (κ1) is 27.2. The maximum atomic E-state index is 12.9. The third-order valence-corrected chi connectivity index (χ3v) is 8.23. The van der Waals surface area contributed by atoms with Gasteiger partial charge in [0.15, 0.2) is 0 Å². The predicted octanol–water partition coefficient (Wildman–Crippen LogP) is 5.12. The third-order valence-electron chi connectivity index (χ3n) is 8.23. The van der Waals surface area contributed by atoms with Crippen molar-refractivity contribution in [1.29, 1.82) is 0 Å². The molecule has 4 aromatic rings. The molecule has 6 rings (SSSR count). The van der Waals surface area contributed by atoms with Crippen LogP contribution in [0.15, 0.2) is 48.7 Å². The number of aryl methyl sites for hydroxylation is 2. The third kappa shape index (κ3) is 5.26. The Kier molecular flexibility index (Phi) is 7.15. The highest BCUT2D eigenvalue weighted by atomic mass is 16.5. The van der Waals surface area contributed by atoms with Gasteiger partial charge in [0.1, 0.15) is 22.4 Å². The van der Waals surface area contributed by atoms with Gasteiger partial charge in [0.05, 0.1) is 20.1 Å². The molecule has 0 bridgehead atoms. The minimum atomic E-state index is -0.380. The molecule has 2 atom stereocenters. The Hall–Kier alpha value is -3.98. The zero-order valence-corrected chi connectivity index (χ0v) is 24.4. The molecule has 2 aliphatic rings. The van der Waals surface area contributed by atoms with Gasteiger partial charge in [-0.2, -0.15) is 0 Å². The van der Waals surface area contributed by atoms with Gasteiger partial charge >= 0.3 is 5.97 Å². The van der Waals surface area contributed by atoms with Crippen LogP contribution >= 0.6 is 0 Å². The fourth-order valence-electron chi connectivity index (χ4n) is 6.46.